The maximum absolute atomic E-state index is 11.6. The number of rotatable bonds is 5. The van der Waals surface area contributed by atoms with Crippen LogP contribution < -0.4 is 10.1 Å². The molecule has 0 heterocycles. The molecule has 5 nitrogen and oxygen atoms in total. The maximum atomic E-state index is 11.6. The van der Waals surface area contributed by atoms with E-state index in [0.29, 0.717) is 0 Å². The van der Waals surface area contributed by atoms with E-state index in [-0.39, 0.29) is 18.9 Å². The number of aliphatic carboxylic acids is 1. The molecule has 0 atom stereocenters. The van der Waals surface area contributed by atoms with Gasteiger partial charge in [0, 0.05) is 0 Å². The average Bonchev–Trinajstić information content (AvgIpc) is 2.44. The van der Waals surface area contributed by atoms with Crippen LogP contribution in [0.25, 0.3) is 10.8 Å². The van der Waals surface area contributed by atoms with Crippen molar-refractivity contribution in [1.29, 1.82) is 0 Å². The van der Waals surface area contributed by atoms with E-state index >= 15 is 0 Å². The Morgan fingerprint density at radius 2 is 1.85 bits per heavy atom. The van der Waals surface area contributed by atoms with Crippen LogP contribution >= 0.6 is 0 Å². The summed E-state index contributed by atoms with van der Waals surface area (Å²) in [5.74, 6) is -0.575. The van der Waals surface area contributed by atoms with Crippen LogP contribution in [0.1, 0.15) is 5.56 Å². The summed E-state index contributed by atoms with van der Waals surface area (Å²) in [6.07, 6.45) is 0.162. The lowest BCUT2D eigenvalue weighted by Gasteiger charge is -2.06. The van der Waals surface area contributed by atoms with Gasteiger partial charge >= 0.3 is 5.97 Å². The fourth-order valence-corrected chi connectivity index (χ4v) is 1.93. The number of carboxylic acids is 1. The maximum Gasteiger partial charge on any atom is 0.322 e. The third-order valence-corrected chi connectivity index (χ3v) is 2.91. The zero-order chi connectivity index (χ0) is 14.5. The molecule has 2 rings (SSSR count). The van der Waals surface area contributed by atoms with Crippen molar-refractivity contribution in [2.24, 2.45) is 0 Å². The normalized spacial score (nSPS) is 10.2. The van der Waals surface area contributed by atoms with Gasteiger partial charge in [-0.2, -0.15) is 0 Å². The predicted molar refractivity (Wildman–Crippen MR) is 74.8 cm³/mol. The lowest BCUT2D eigenvalue weighted by atomic mass is 10.0. The zero-order valence-corrected chi connectivity index (χ0v) is 11.1. The Hall–Kier alpha value is -2.56. The van der Waals surface area contributed by atoms with Gasteiger partial charge in [0.1, 0.15) is 12.3 Å². The van der Waals surface area contributed by atoms with Crippen LogP contribution in [0.3, 0.4) is 0 Å². The van der Waals surface area contributed by atoms with Crippen LogP contribution in [0.2, 0.25) is 0 Å². The molecule has 1 amide bonds. The number of carboxylic acid groups (broad SMARTS) is 1. The molecular formula is C15H15NO4. The van der Waals surface area contributed by atoms with Gasteiger partial charge in [-0.1, -0.05) is 24.3 Å². The standard InChI is InChI=1S/C15H15NO4/c1-20-13-5-4-11-6-10(2-3-12(11)8-13)7-14(17)16-9-15(18)19/h2-6,8H,7,9H2,1H3,(H,16,17)(H,18,19). The Morgan fingerprint density at radius 3 is 2.55 bits per heavy atom. The minimum atomic E-state index is -1.05. The van der Waals surface area contributed by atoms with E-state index in [2.05, 4.69) is 5.32 Å². The second-order valence-corrected chi connectivity index (χ2v) is 4.39. The number of nitrogens with one attached hydrogen (secondary N) is 1. The van der Waals surface area contributed by atoms with Crippen molar-refractivity contribution in [1.82, 2.24) is 5.32 Å². The molecule has 0 saturated carbocycles. The number of benzene rings is 2. The van der Waals surface area contributed by atoms with Gasteiger partial charge in [0.25, 0.3) is 0 Å². The minimum Gasteiger partial charge on any atom is -0.497 e. The number of ether oxygens (including phenoxy) is 1. The fraction of sp³-hybridized carbons (Fsp3) is 0.200. The Morgan fingerprint density at radius 1 is 1.15 bits per heavy atom. The lowest BCUT2D eigenvalue weighted by Crippen LogP contribution is -2.30. The Balaban J connectivity index is 2.11. The second kappa shape index (κ2) is 6.06. The largest absolute Gasteiger partial charge is 0.497 e. The molecule has 0 saturated heterocycles. The van der Waals surface area contributed by atoms with E-state index in [0.717, 1.165) is 22.1 Å². The molecule has 2 aromatic carbocycles. The summed E-state index contributed by atoms with van der Waals surface area (Å²) in [6.45, 7) is -0.358. The summed E-state index contributed by atoms with van der Waals surface area (Å²) in [4.78, 5) is 21.9. The number of hydrogen-bond donors (Lipinski definition) is 2. The molecule has 0 fully saturated rings. The van der Waals surface area contributed by atoms with Gasteiger partial charge in [0.15, 0.2) is 0 Å². The molecule has 0 unspecified atom stereocenters. The van der Waals surface area contributed by atoms with Gasteiger partial charge in [-0.05, 0) is 28.5 Å². The average molecular weight is 273 g/mol. The van der Waals surface area contributed by atoms with Crippen LogP contribution in [0, 0.1) is 0 Å². The Kier molecular flexibility index (Phi) is 4.20. The molecule has 0 aliphatic rings. The summed E-state index contributed by atoms with van der Waals surface area (Å²) < 4.78 is 5.15. The monoisotopic (exact) mass is 273 g/mol. The first-order chi connectivity index (χ1) is 9.58. The van der Waals surface area contributed by atoms with Crippen molar-refractivity contribution < 1.29 is 19.4 Å². The van der Waals surface area contributed by atoms with Crippen molar-refractivity contribution >= 4 is 22.6 Å². The quantitative estimate of drug-likeness (QED) is 0.867. The first-order valence-corrected chi connectivity index (χ1v) is 6.13. The van der Waals surface area contributed by atoms with Crippen molar-refractivity contribution in [3.8, 4) is 5.75 Å². The number of carbonyl (C=O) groups is 2. The van der Waals surface area contributed by atoms with E-state index in [9.17, 15) is 9.59 Å². The molecular weight excluding hydrogens is 258 g/mol. The van der Waals surface area contributed by atoms with Gasteiger partial charge in [-0.3, -0.25) is 9.59 Å². The molecule has 0 aliphatic heterocycles. The highest BCUT2D eigenvalue weighted by Crippen LogP contribution is 2.21. The van der Waals surface area contributed by atoms with Gasteiger partial charge < -0.3 is 15.2 Å². The second-order valence-electron chi connectivity index (χ2n) is 4.39. The van der Waals surface area contributed by atoms with Crippen LogP contribution in [0.4, 0.5) is 0 Å². The van der Waals surface area contributed by atoms with E-state index in [1.807, 2.05) is 36.4 Å². The molecule has 0 bridgehead atoms. The van der Waals surface area contributed by atoms with Crippen LogP contribution in [-0.4, -0.2) is 30.6 Å². The van der Waals surface area contributed by atoms with Crippen LogP contribution in [0.5, 0.6) is 5.75 Å². The summed E-state index contributed by atoms with van der Waals surface area (Å²) in [6, 6.07) is 11.4. The smallest absolute Gasteiger partial charge is 0.322 e. The first-order valence-electron chi connectivity index (χ1n) is 6.13. The highest BCUT2D eigenvalue weighted by atomic mass is 16.5. The molecule has 104 valence electrons. The van der Waals surface area contributed by atoms with E-state index in [1.54, 1.807) is 7.11 Å². The molecule has 0 aliphatic carbocycles. The van der Waals surface area contributed by atoms with Crippen LogP contribution in [-0.2, 0) is 16.0 Å². The summed E-state index contributed by atoms with van der Waals surface area (Å²) in [7, 11) is 1.61. The van der Waals surface area contributed by atoms with E-state index in [1.165, 1.54) is 0 Å². The van der Waals surface area contributed by atoms with Crippen molar-refractivity contribution in [3.63, 3.8) is 0 Å². The highest BCUT2D eigenvalue weighted by molar-refractivity contribution is 5.87. The zero-order valence-electron chi connectivity index (χ0n) is 11.1. The molecule has 2 N–H and O–H groups in total. The summed E-state index contributed by atoms with van der Waals surface area (Å²) >= 11 is 0. The fourth-order valence-electron chi connectivity index (χ4n) is 1.93. The van der Waals surface area contributed by atoms with Gasteiger partial charge in [-0.15, -0.1) is 0 Å². The van der Waals surface area contributed by atoms with Crippen molar-refractivity contribution in [3.05, 3.63) is 42.0 Å². The number of carbonyl (C=O) groups excluding carboxylic acids is 1. The number of hydrogen-bond acceptors (Lipinski definition) is 3. The first kappa shape index (κ1) is 13.9. The number of fused-ring (bicyclic) bond motifs is 1. The molecule has 5 heteroatoms. The SMILES string of the molecule is COc1ccc2cc(CC(=O)NCC(=O)O)ccc2c1. The van der Waals surface area contributed by atoms with E-state index in [4.69, 9.17) is 9.84 Å². The topological polar surface area (TPSA) is 75.6 Å². The highest BCUT2D eigenvalue weighted by Gasteiger charge is 2.06. The predicted octanol–water partition coefficient (Wildman–Crippen LogP) is 1.59. The molecule has 20 heavy (non-hydrogen) atoms. The summed E-state index contributed by atoms with van der Waals surface area (Å²) in [5, 5.41) is 12.9. The minimum absolute atomic E-state index is 0.162. The Labute approximate surface area is 116 Å². The van der Waals surface area contributed by atoms with Gasteiger partial charge in [0.2, 0.25) is 5.91 Å². The van der Waals surface area contributed by atoms with E-state index < -0.39 is 5.97 Å². The third-order valence-electron chi connectivity index (χ3n) is 2.91. The molecule has 0 aromatic heterocycles. The lowest BCUT2D eigenvalue weighted by molar-refractivity contribution is -0.137. The molecule has 2 aromatic rings. The number of methoxy groups -OCH3 is 1. The Bertz CT molecular complexity index is 651. The third kappa shape index (κ3) is 3.47. The van der Waals surface area contributed by atoms with Gasteiger partial charge in [0.05, 0.1) is 13.5 Å². The van der Waals surface area contributed by atoms with Gasteiger partial charge in [-0.25, -0.2) is 0 Å². The number of amides is 1. The molecule has 0 radical (unpaired) electrons. The van der Waals surface area contributed by atoms with Crippen LogP contribution in [0.15, 0.2) is 36.4 Å². The molecule has 0 spiro atoms. The van der Waals surface area contributed by atoms with Crippen molar-refractivity contribution in [2.45, 2.75) is 6.42 Å². The summed E-state index contributed by atoms with van der Waals surface area (Å²) in [5.41, 5.74) is 0.838. The van der Waals surface area contributed by atoms with Crippen molar-refractivity contribution in [2.75, 3.05) is 13.7 Å².